The second-order valence-corrected chi connectivity index (χ2v) is 12.5. The van der Waals surface area contributed by atoms with E-state index in [1.165, 1.54) is 41.4 Å². The minimum atomic E-state index is -4.01. The van der Waals surface area contributed by atoms with Gasteiger partial charge in [0.05, 0.1) is 11.4 Å². The molecule has 0 saturated heterocycles. The highest BCUT2D eigenvalue weighted by atomic mass is 35.5. The minimum absolute atomic E-state index is 0.0134. The lowest BCUT2D eigenvalue weighted by Gasteiger charge is -2.27. The molecule has 42 heavy (non-hydrogen) atoms. The summed E-state index contributed by atoms with van der Waals surface area (Å²) < 4.78 is 53.8. The normalized spacial score (nSPS) is 11.8. The van der Waals surface area contributed by atoms with Crippen molar-refractivity contribution in [2.75, 3.05) is 26.2 Å². The minimum Gasteiger partial charge on any atom is -0.493 e. The maximum atomic E-state index is 13.5. The summed E-state index contributed by atoms with van der Waals surface area (Å²) in [6.07, 6.45) is 0.685. The standard InChI is InChI=1S/C30H31ClFN3O6S/c1-30(2,3)41-29(37)35(16-15-34-42(38,39)27-6-4-5-24-23(27)13-14-33-28(24)36)17-18-40-26-12-9-21(31)19-25(26)20-7-10-22(32)11-8-20/h4-14,19,34H,15-18H2,1-3H3,(H,33,36). The Labute approximate surface area is 248 Å². The average Bonchev–Trinajstić information content (AvgIpc) is 2.92. The van der Waals surface area contributed by atoms with Crippen LogP contribution in [0.2, 0.25) is 5.02 Å². The molecule has 222 valence electrons. The van der Waals surface area contributed by atoms with Gasteiger partial charge in [-0.25, -0.2) is 27.3 Å². The topological polar surface area (TPSA) is 118 Å². The third-order valence-corrected chi connectivity index (χ3v) is 7.83. The molecule has 1 heterocycles. The van der Waals surface area contributed by atoms with Gasteiger partial charge in [0.1, 0.15) is 23.8 Å². The van der Waals surface area contributed by atoms with Gasteiger partial charge >= 0.3 is 6.09 Å². The fourth-order valence-electron chi connectivity index (χ4n) is 4.16. The van der Waals surface area contributed by atoms with Crippen LogP contribution in [0.25, 0.3) is 21.9 Å². The Balaban J connectivity index is 1.46. The number of carbonyl (C=O) groups excluding carboxylic acids is 1. The fourth-order valence-corrected chi connectivity index (χ4v) is 5.57. The Morgan fingerprint density at radius 1 is 1.05 bits per heavy atom. The third kappa shape index (κ3) is 7.87. The molecule has 0 atom stereocenters. The highest BCUT2D eigenvalue weighted by Crippen LogP contribution is 2.33. The number of amides is 1. The van der Waals surface area contributed by atoms with Crippen molar-refractivity contribution in [2.45, 2.75) is 31.3 Å². The van der Waals surface area contributed by atoms with E-state index in [9.17, 15) is 22.7 Å². The second-order valence-electron chi connectivity index (χ2n) is 10.3. The van der Waals surface area contributed by atoms with E-state index in [2.05, 4.69) is 9.71 Å². The van der Waals surface area contributed by atoms with Gasteiger partial charge in [-0.05, 0) is 74.9 Å². The molecular weight excluding hydrogens is 585 g/mol. The molecule has 0 spiro atoms. The maximum absolute atomic E-state index is 13.5. The summed E-state index contributed by atoms with van der Waals surface area (Å²) >= 11 is 6.19. The number of nitrogens with zero attached hydrogens (tertiary/aromatic N) is 2. The molecule has 0 radical (unpaired) electrons. The van der Waals surface area contributed by atoms with Crippen molar-refractivity contribution in [1.29, 1.82) is 0 Å². The van der Waals surface area contributed by atoms with Crippen LogP contribution in [0, 0.1) is 5.82 Å². The Bertz CT molecular complexity index is 1680. The molecule has 12 heteroatoms. The molecule has 9 nitrogen and oxygen atoms in total. The molecule has 1 amide bonds. The molecule has 2 N–H and O–H groups in total. The summed E-state index contributed by atoms with van der Waals surface area (Å²) in [6.45, 7) is 5.20. The van der Waals surface area contributed by atoms with Crippen LogP contribution in [-0.4, -0.2) is 61.3 Å². The first-order valence-electron chi connectivity index (χ1n) is 13.1. The van der Waals surface area contributed by atoms with Gasteiger partial charge in [-0.2, -0.15) is 0 Å². The number of sulfonamides is 1. The number of nitrogens with one attached hydrogen (secondary N) is 1. The van der Waals surface area contributed by atoms with Crippen LogP contribution < -0.4 is 9.46 Å². The van der Waals surface area contributed by atoms with E-state index in [-0.39, 0.29) is 42.8 Å². The van der Waals surface area contributed by atoms with E-state index < -0.39 is 21.7 Å². The summed E-state index contributed by atoms with van der Waals surface area (Å²) in [7, 11) is -4.01. The number of carbonyl (C=O) groups is 1. The van der Waals surface area contributed by atoms with Gasteiger partial charge in [0.25, 0.3) is 0 Å². The number of aromatic nitrogens is 1. The van der Waals surface area contributed by atoms with Crippen LogP contribution in [-0.2, 0) is 14.8 Å². The highest BCUT2D eigenvalue weighted by Gasteiger charge is 2.24. The maximum Gasteiger partial charge on any atom is 0.410 e. The molecule has 1 aromatic heterocycles. The van der Waals surface area contributed by atoms with Crippen LogP contribution >= 0.6 is 11.6 Å². The smallest absolute Gasteiger partial charge is 0.410 e. The van der Waals surface area contributed by atoms with E-state index in [1.807, 2.05) is 0 Å². The van der Waals surface area contributed by atoms with Crippen molar-refractivity contribution in [3.05, 3.63) is 83.8 Å². The van der Waals surface area contributed by atoms with Crippen molar-refractivity contribution in [1.82, 2.24) is 14.6 Å². The monoisotopic (exact) mass is 615 g/mol. The summed E-state index contributed by atoms with van der Waals surface area (Å²) in [5.74, 6) is -0.170. The van der Waals surface area contributed by atoms with Gasteiger partial charge in [0.15, 0.2) is 0 Å². The summed E-state index contributed by atoms with van der Waals surface area (Å²) in [5, 5.41) is 11.1. The zero-order valence-electron chi connectivity index (χ0n) is 23.3. The predicted octanol–water partition coefficient (Wildman–Crippen LogP) is 5.99. The van der Waals surface area contributed by atoms with Gasteiger partial charge < -0.3 is 19.5 Å². The van der Waals surface area contributed by atoms with E-state index in [0.29, 0.717) is 32.7 Å². The number of aromatic hydroxyl groups is 1. The van der Waals surface area contributed by atoms with Gasteiger partial charge in [-0.3, -0.25) is 0 Å². The summed E-state index contributed by atoms with van der Waals surface area (Å²) in [6, 6.07) is 17.0. The van der Waals surface area contributed by atoms with Crippen LogP contribution in [0.5, 0.6) is 11.6 Å². The zero-order chi connectivity index (χ0) is 30.5. The van der Waals surface area contributed by atoms with Crippen molar-refractivity contribution in [3.63, 3.8) is 0 Å². The first-order chi connectivity index (χ1) is 19.8. The van der Waals surface area contributed by atoms with Crippen molar-refractivity contribution >= 4 is 38.5 Å². The van der Waals surface area contributed by atoms with Crippen molar-refractivity contribution < 1.29 is 32.2 Å². The predicted molar refractivity (Wildman–Crippen MR) is 159 cm³/mol. The average molecular weight is 616 g/mol. The van der Waals surface area contributed by atoms with Gasteiger partial charge in [-0.1, -0.05) is 29.8 Å². The quantitative estimate of drug-likeness (QED) is 0.225. The summed E-state index contributed by atoms with van der Waals surface area (Å²) in [4.78, 5) is 18.1. The lowest BCUT2D eigenvalue weighted by molar-refractivity contribution is 0.0230. The molecular formula is C30H31ClFN3O6S. The SMILES string of the molecule is CC(C)(C)OC(=O)N(CCNS(=O)(=O)c1cccc2c(O)nccc12)CCOc1ccc(Cl)cc1-c1ccc(F)cc1. The molecule has 4 rings (SSSR count). The number of halogens is 2. The van der Waals surface area contributed by atoms with E-state index in [1.54, 1.807) is 57.2 Å². The van der Waals surface area contributed by atoms with Crippen LogP contribution in [0.3, 0.4) is 0 Å². The van der Waals surface area contributed by atoms with E-state index in [4.69, 9.17) is 21.1 Å². The molecule has 3 aromatic carbocycles. The Morgan fingerprint density at radius 3 is 2.50 bits per heavy atom. The Hall–Kier alpha value is -3.93. The molecule has 0 aliphatic heterocycles. The summed E-state index contributed by atoms with van der Waals surface area (Å²) in [5.41, 5.74) is 0.570. The first kappa shape index (κ1) is 31.0. The van der Waals surface area contributed by atoms with Crippen LogP contribution in [0.15, 0.2) is 77.8 Å². The largest absolute Gasteiger partial charge is 0.493 e. The Kier molecular flexibility index (Phi) is 9.55. The first-order valence-corrected chi connectivity index (χ1v) is 14.9. The number of hydrogen-bond acceptors (Lipinski definition) is 7. The number of pyridine rings is 1. The number of benzene rings is 3. The number of fused-ring (bicyclic) bond motifs is 1. The number of hydrogen-bond donors (Lipinski definition) is 2. The van der Waals surface area contributed by atoms with Crippen LogP contribution in [0.1, 0.15) is 20.8 Å². The highest BCUT2D eigenvalue weighted by molar-refractivity contribution is 7.89. The third-order valence-electron chi connectivity index (χ3n) is 6.08. The lowest BCUT2D eigenvalue weighted by atomic mass is 10.0. The van der Waals surface area contributed by atoms with Crippen molar-refractivity contribution in [2.24, 2.45) is 0 Å². The second kappa shape index (κ2) is 12.9. The lowest BCUT2D eigenvalue weighted by Crippen LogP contribution is -2.43. The molecule has 4 aromatic rings. The molecule has 0 unspecified atom stereocenters. The van der Waals surface area contributed by atoms with Gasteiger partial charge in [0, 0.05) is 40.6 Å². The number of ether oxygens (including phenoxy) is 2. The van der Waals surface area contributed by atoms with E-state index >= 15 is 0 Å². The van der Waals surface area contributed by atoms with Gasteiger partial charge in [0.2, 0.25) is 15.9 Å². The molecule has 0 fully saturated rings. The van der Waals surface area contributed by atoms with E-state index in [0.717, 1.165) is 0 Å². The van der Waals surface area contributed by atoms with Crippen LogP contribution in [0.4, 0.5) is 9.18 Å². The fraction of sp³-hybridized carbons (Fsp3) is 0.267. The molecule has 0 bridgehead atoms. The zero-order valence-corrected chi connectivity index (χ0v) is 24.9. The number of rotatable bonds is 10. The Morgan fingerprint density at radius 2 is 1.79 bits per heavy atom. The van der Waals surface area contributed by atoms with Crippen molar-refractivity contribution in [3.8, 4) is 22.8 Å². The molecule has 0 aliphatic carbocycles. The van der Waals surface area contributed by atoms with Gasteiger partial charge in [-0.15, -0.1) is 0 Å². The molecule has 0 saturated carbocycles. The molecule has 0 aliphatic rings.